The second-order valence-electron chi connectivity index (χ2n) is 5.49. The third kappa shape index (κ3) is 2.50. The molecule has 5 heteroatoms. The Morgan fingerprint density at radius 3 is 2.94 bits per heavy atom. The van der Waals surface area contributed by atoms with Crippen LogP contribution in [0, 0.1) is 5.92 Å². The fraction of sp³-hybridized carbons (Fsp3) is 0.833. The molecule has 0 amide bonds. The molecule has 2 atom stereocenters. The monoisotopic (exact) mass is 236 g/mol. The van der Waals surface area contributed by atoms with Gasteiger partial charge in [-0.2, -0.15) is 4.98 Å². The highest BCUT2D eigenvalue weighted by atomic mass is 16.5. The zero-order chi connectivity index (χ0) is 11.8. The van der Waals surface area contributed by atoms with Gasteiger partial charge >= 0.3 is 0 Å². The van der Waals surface area contributed by atoms with Gasteiger partial charge in [-0.1, -0.05) is 12.1 Å². The first-order valence-electron chi connectivity index (χ1n) is 6.53. The minimum absolute atomic E-state index is 0.346. The molecule has 1 aliphatic heterocycles. The first kappa shape index (κ1) is 11.2. The summed E-state index contributed by atoms with van der Waals surface area (Å²) in [5.74, 6) is 2.76. The Balaban J connectivity index is 1.58. The van der Waals surface area contributed by atoms with Gasteiger partial charge < -0.3 is 10.3 Å². The summed E-state index contributed by atoms with van der Waals surface area (Å²) in [5, 5.41) is 4.06. The van der Waals surface area contributed by atoms with Crippen molar-refractivity contribution in [2.75, 3.05) is 13.1 Å². The first-order valence-corrected chi connectivity index (χ1v) is 6.53. The highest BCUT2D eigenvalue weighted by Crippen LogP contribution is 2.38. The van der Waals surface area contributed by atoms with Crippen LogP contribution < -0.4 is 5.73 Å². The summed E-state index contributed by atoms with van der Waals surface area (Å²) in [7, 11) is 0. The van der Waals surface area contributed by atoms with Crippen LogP contribution in [-0.2, 0) is 6.54 Å². The van der Waals surface area contributed by atoms with Crippen molar-refractivity contribution in [3.63, 3.8) is 0 Å². The predicted octanol–water partition coefficient (Wildman–Crippen LogP) is 1.12. The van der Waals surface area contributed by atoms with Gasteiger partial charge in [-0.3, -0.25) is 4.90 Å². The van der Waals surface area contributed by atoms with Gasteiger partial charge in [0.25, 0.3) is 0 Å². The number of nitrogens with two attached hydrogens (primary N) is 1. The standard InChI is InChI=1S/C12H20N4O/c1-8-6-16(5-4-10(8)13)7-11-14-12(17-15-11)9-2-3-9/h8-10H,2-7,13H2,1H3. The molecule has 2 heterocycles. The van der Waals surface area contributed by atoms with Gasteiger partial charge in [-0.15, -0.1) is 0 Å². The zero-order valence-electron chi connectivity index (χ0n) is 10.3. The Morgan fingerprint density at radius 2 is 2.24 bits per heavy atom. The van der Waals surface area contributed by atoms with Crippen molar-refractivity contribution in [3.8, 4) is 0 Å². The van der Waals surface area contributed by atoms with E-state index >= 15 is 0 Å². The largest absolute Gasteiger partial charge is 0.339 e. The lowest BCUT2D eigenvalue weighted by Crippen LogP contribution is -2.45. The molecule has 2 N–H and O–H groups in total. The van der Waals surface area contributed by atoms with Crippen LogP contribution in [0.4, 0.5) is 0 Å². The molecule has 1 aromatic rings. The molecule has 2 aliphatic rings. The third-order valence-corrected chi connectivity index (χ3v) is 3.83. The minimum atomic E-state index is 0.346. The summed E-state index contributed by atoms with van der Waals surface area (Å²) in [6.07, 6.45) is 3.48. The van der Waals surface area contributed by atoms with Gasteiger partial charge in [-0.25, -0.2) is 0 Å². The van der Waals surface area contributed by atoms with Crippen molar-refractivity contribution in [3.05, 3.63) is 11.7 Å². The van der Waals surface area contributed by atoms with Crippen molar-refractivity contribution in [2.24, 2.45) is 11.7 Å². The van der Waals surface area contributed by atoms with E-state index in [4.69, 9.17) is 10.3 Å². The fourth-order valence-corrected chi connectivity index (χ4v) is 2.42. The molecule has 2 fully saturated rings. The third-order valence-electron chi connectivity index (χ3n) is 3.83. The number of hydrogen-bond donors (Lipinski definition) is 1. The van der Waals surface area contributed by atoms with Crippen LogP contribution in [0.1, 0.15) is 43.8 Å². The molecule has 1 aromatic heterocycles. The van der Waals surface area contributed by atoms with Crippen molar-refractivity contribution >= 4 is 0 Å². The molecule has 0 radical (unpaired) electrons. The Labute approximate surface area is 101 Å². The van der Waals surface area contributed by atoms with Gasteiger partial charge in [0, 0.05) is 25.0 Å². The second kappa shape index (κ2) is 4.38. The summed E-state index contributed by atoms with van der Waals surface area (Å²) in [4.78, 5) is 6.83. The maximum absolute atomic E-state index is 6.01. The van der Waals surface area contributed by atoms with Gasteiger partial charge in [0.15, 0.2) is 5.82 Å². The Bertz CT molecular complexity index is 388. The molecule has 3 rings (SSSR count). The van der Waals surface area contributed by atoms with Gasteiger partial charge in [0.05, 0.1) is 6.54 Å². The Morgan fingerprint density at radius 1 is 1.41 bits per heavy atom. The number of piperidine rings is 1. The molecule has 17 heavy (non-hydrogen) atoms. The smallest absolute Gasteiger partial charge is 0.229 e. The van der Waals surface area contributed by atoms with Crippen LogP contribution in [0.25, 0.3) is 0 Å². The van der Waals surface area contributed by atoms with Crippen LogP contribution in [-0.4, -0.2) is 34.2 Å². The molecule has 5 nitrogen and oxygen atoms in total. The summed E-state index contributed by atoms with van der Waals surface area (Å²) in [6.45, 7) is 5.09. The quantitative estimate of drug-likeness (QED) is 0.851. The van der Waals surface area contributed by atoms with Gasteiger partial charge in [0.1, 0.15) is 0 Å². The number of nitrogens with zero attached hydrogens (tertiary/aromatic N) is 3. The highest BCUT2D eigenvalue weighted by molar-refractivity contribution is 5.01. The predicted molar refractivity (Wildman–Crippen MR) is 63.3 cm³/mol. The van der Waals surface area contributed by atoms with Crippen molar-refractivity contribution < 1.29 is 4.52 Å². The van der Waals surface area contributed by atoms with E-state index in [0.29, 0.717) is 17.9 Å². The summed E-state index contributed by atoms with van der Waals surface area (Å²) in [6, 6.07) is 0.346. The van der Waals surface area contributed by atoms with E-state index in [-0.39, 0.29) is 0 Å². The van der Waals surface area contributed by atoms with E-state index < -0.39 is 0 Å². The van der Waals surface area contributed by atoms with Crippen LogP contribution in [0.5, 0.6) is 0 Å². The maximum Gasteiger partial charge on any atom is 0.229 e. The van der Waals surface area contributed by atoms with Crippen LogP contribution in [0.15, 0.2) is 4.52 Å². The van der Waals surface area contributed by atoms with E-state index in [2.05, 4.69) is 22.0 Å². The summed E-state index contributed by atoms with van der Waals surface area (Å²) < 4.78 is 5.27. The molecule has 94 valence electrons. The van der Waals surface area contributed by atoms with E-state index in [1.807, 2.05) is 0 Å². The molecule has 1 saturated carbocycles. The van der Waals surface area contributed by atoms with Gasteiger partial charge in [0.2, 0.25) is 5.89 Å². The van der Waals surface area contributed by atoms with Crippen molar-refractivity contribution in [1.82, 2.24) is 15.0 Å². The lowest BCUT2D eigenvalue weighted by atomic mass is 9.95. The zero-order valence-corrected chi connectivity index (χ0v) is 10.3. The van der Waals surface area contributed by atoms with Crippen molar-refractivity contribution in [1.29, 1.82) is 0 Å². The van der Waals surface area contributed by atoms with E-state index in [9.17, 15) is 0 Å². The van der Waals surface area contributed by atoms with Crippen LogP contribution in [0.2, 0.25) is 0 Å². The topological polar surface area (TPSA) is 68.2 Å². The molecule has 2 unspecified atom stereocenters. The average molecular weight is 236 g/mol. The van der Waals surface area contributed by atoms with E-state index in [1.54, 1.807) is 0 Å². The SMILES string of the molecule is CC1CN(Cc2noc(C3CC3)n2)CCC1N. The fourth-order valence-electron chi connectivity index (χ4n) is 2.42. The van der Waals surface area contributed by atoms with E-state index in [0.717, 1.165) is 37.8 Å². The molecular weight excluding hydrogens is 216 g/mol. The lowest BCUT2D eigenvalue weighted by molar-refractivity contribution is 0.153. The highest BCUT2D eigenvalue weighted by Gasteiger charge is 2.30. The molecule has 0 spiro atoms. The Hall–Kier alpha value is -0.940. The molecule has 0 bridgehead atoms. The molecular formula is C12H20N4O. The molecule has 1 saturated heterocycles. The maximum atomic E-state index is 6.01. The molecule has 1 aliphatic carbocycles. The van der Waals surface area contributed by atoms with E-state index in [1.165, 1.54) is 12.8 Å². The molecule has 0 aromatic carbocycles. The number of aromatic nitrogens is 2. The van der Waals surface area contributed by atoms with Gasteiger partial charge in [-0.05, 0) is 25.2 Å². The Kier molecular flexibility index (Phi) is 2.88. The average Bonchev–Trinajstić information content (AvgIpc) is 3.06. The summed E-state index contributed by atoms with van der Waals surface area (Å²) in [5.41, 5.74) is 6.01. The number of likely N-dealkylation sites (tertiary alicyclic amines) is 1. The second-order valence-corrected chi connectivity index (χ2v) is 5.49. The number of hydrogen-bond acceptors (Lipinski definition) is 5. The normalized spacial score (nSPS) is 30.7. The minimum Gasteiger partial charge on any atom is -0.339 e. The lowest BCUT2D eigenvalue weighted by Gasteiger charge is -2.34. The van der Waals surface area contributed by atoms with Crippen LogP contribution >= 0.6 is 0 Å². The first-order chi connectivity index (χ1) is 8.22. The van der Waals surface area contributed by atoms with Crippen LogP contribution in [0.3, 0.4) is 0 Å². The summed E-state index contributed by atoms with van der Waals surface area (Å²) >= 11 is 0. The van der Waals surface area contributed by atoms with Crippen molar-refractivity contribution in [2.45, 2.75) is 44.7 Å². The number of rotatable bonds is 3.